The highest BCUT2D eigenvalue weighted by molar-refractivity contribution is 6.07. The summed E-state index contributed by atoms with van der Waals surface area (Å²) in [5.74, 6) is -0.618. The first-order valence-electron chi connectivity index (χ1n) is 9.25. The molecule has 1 fully saturated rings. The molecule has 1 atom stereocenters. The number of esters is 1. The van der Waals surface area contributed by atoms with Gasteiger partial charge in [0.05, 0.1) is 12.7 Å². The van der Waals surface area contributed by atoms with Gasteiger partial charge in [-0.2, -0.15) is 0 Å². The van der Waals surface area contributed by atoms with Gasteiger partial charge < -0.3 is 19.8 Å². The van der Waals surface area contributed by atoms with Gasteiger partial charge in [-0.3, -0.25) is 4.79 Å². The molecule has 6 heteroatoms. The monoisotopic (exact) mass is 378 g/mol. The van der Waals surface area contributed by atoms with Crippen LogP contribution in [0.25, 0.3) is 10.9 Å². The molecule has 0 saturated heterocycles. The minimum atomic E-state index is -1.14. The van der Waals surface area contributed by atoms with Crippen LogP contribution in [0.2, 0.25) is 0 Å². The first kappa shape index (κ1) is 18.1. The number of nitrogens with two attached hydrogens (primary N) is 1. The highest BCUT2D eigenvalue weighted by Gasteiger charge is 2.32. The molecule has 2 aromatic carbocycles. The van der Waals surface area contributed by atoms with E-state index in [2.05, 4.69) is 4.57 Å². The number of benzene rings is 2. The Hall–Kier alpha value is -3.28. The highest BCUT2D eigenvalue weighted by atomic mass is 16.5. The Bertz CT molecular complexity index is 1050. The van der Waals surface area contributed by atoms with Crippen LogP contribution < -0.4 is 10.5 Å². The summed E-state index contributed by atoms with van der Waals surface area (Å²) in [6, 6.07) is 14.9. The summed E-state index contributed by atoms with van der Waals surface area (Å²) in [5, 5.41) is 0.755. The number of carbonyl (C=O) groups is 2. The van der Waals surface area contributed by atoms with E-state index in [-0.39, 0.29) is 0 Å². The van der Waals surface area contributed by atoms with Crippen molar-refractivity contribution in [3.05, 3.63) is 65.4 Å². The lowest BCUT2D eigenvalue weighted by molar-refractivity contribution is -0.127. The molecular formula is C22H22N2O4. The number of carbonyl (C=O) groups excluding carboxylic acids is 2. The summed E-state index contributed by atoms with van der Waals surface area (Å²) < 4.78 is 13.1. The zero-order chi connectivity index (χ0) is 19.8. The van der Waals surface area contributed by atoms with Gasteiger partial charge in [-0.15, -0.1) is 0 Å². The minimum absolute atomic E-state index is 0.388. The Kier molecular flexibility index (Phi) is 4.55. The molecule has 1 heterocycles. The van der Waals surface area contributed by atoms with Crippen LogP contribution in [-0.2, 0) is 9.53 Å². The lowest BCUT2D eigenvalue weighted by Crippen LogP contribution is -2.26. The van der Waals surface area contributed by atoms with Crippen molar-refractivity contribution in [2.75, 3.05) is 7.11 Å². The summed E-state index contributed by atoms with van der Waals surface area (Å²) in [4.78, 5) is 25.1. The van der Waals surface area contributed by atoms with Gasteiger partial charge in [0.1, 0.15) is 5.75 Å². The number of rotatable bonds is 6. The van der Waals surface area contributed by atoms with Crippen molar-refractivity contribution in [2.24, 2.45) is 5.73 Å². The number of primary amides is 1. The van der Waals surface area contributed by atoms with Crippen LogP contribution in [0, 0.1) is 6.92 Å². The fourth-order valence-electron chi connectivity index (χ4n) is 3.69. The summed E-state index contributed by atoms with van der Waals surface area (Å²) in [5.41, 5.74) is 8.29. The fourth-order valence-corrected chi connectivity index (χ4v) is 3.69. The number of hydrogen-bond donors (Lipinski definition) is 1. The van der Waals surface area contributed by atoms with E-state index < -0.39 is 18.0 Å². The Morgan fingerprint density at radius 2 is 1.86 bits per heavy atom. The molecule has 1 aromatic heterocycles. The molecule has 2 N–H and O–H groups in total. The summed E-state index contributed by atoms with van der Waals surface area (Å²) in [7, 11) is 1.59. The molecule has 144 valence electrons. The Labute approximate surface area is 162 Å². The second kappa shape index (κ2) is 7.03. The van der Waals surface area contributed by atoms with Gasteiger partial charge in [0, 0.05) is 28.2 Å². The topological polar surface area (TPSA) is 83.6 Å². The lowest BCUT2D eigenvalue weighted by Gasteiger charge is -2.15. The zero-order valence-corrected chi connectivity index (χ0v) is 15.8. The third-order valence-corrected chi connectivity index (χ3v) is 5.16. The number of aromatic nitrogens is 1. The van der Waals surface area contributed by atoms with Crippen molar-refractivity contribution in [3.63, 3.8) is 0 Å². The first-order valence-corrected chi connectivity index (χ1v) is 9.25. The maximum atomic E-state index is 13.1. The molecule has 1 aliphatic rings. The van der Waals surface area contributed by atoms with Gasteiger partial charge >= 0.3 is 5.97 Å². The van der Waals surface area contributed by atoms with E-state index in [1.807, 2.05) is 31.2 Å². The fraction of sp³-hybridized carbons (Fsp3) is 0.273. The standard InChI is InChI=1S/C22H22N2O4/c1-13-19(22(26)28-20(21(23)25)14-6-4-3-5-7-14)17-12-16(27-2)10-11-18(17)24(13)15-8-9-15/h3-7,10-12,15,20H,8-9H2,1-2H3,(H2,23,25). The average Bonchev–Trinajstić information content (AvgIpc) is 3.48. The van der Waals surface area contributed by atoms with Crippen molar-refractivity contribution >= 4 is 22.8 Å². The van der Waals surface area contributed by atoms with Crippen molar-refractivity contribution in [1.29, 1.82) is 0 Å². The van der Waals surface area contributed by atoms with Gasteiger partial charge in [-0.25, -0.2) is 4.79 Å². The lowest BCUT2D eigenvalue weighted by atomic mass is 10.1. The summed E-state index contributed by atoms with van der Waals surface area (Å²) in [6.07, 6.45) is 1.02. The van der Waals surface area contributed by atoms with Crippen LogP contribution in [0.5, 0.6) is 5.75 Å². The molecule has 28 heavy (non-hydrogen) atoms. The number of methoxy groups -OCH3 is 1. The highest BCUT2D eigenvalue weighted by Crippen LogP contribution is 2.42. The number of fused-ring (bicyclic) bond motifs is 1. The second-order valence-electron chi connectivity index (χ2n) is 7.04. The molecule has 1 saturated carbocycles. The van der Waals surface area contributed by atoms with E-state index in [0.717, 1.165) is 29.4 Å². The normalized spacial score (nSPS) is 14.6. The molecule has 0 radical (unpaired) electrons. The van der Waals surface area contributed by atoms with Gasteiger partial charge in [0.25, 0.3) is 5.91 Å². The smallest absolute Gasteiger partial charge is 0.341 e. The molecule has 1 amide bonds. The molecular weight excluding hydrogens is 356 g/mol. The van der Waals surface area contributed by atoms with Crippen molar-refractivity contribution in [3.8, 4) is 5.75 Å². The molecule has 3 aromatic rings. The minimum Gasteiger partial charge on any atom is -0.497 e. The number of hydrogen-bond acceptors (Lipinski definition) is 4. The predicted octanol–water partition coefficient (Wildman–Crippen LogP) is 3.68. The largest absolute Gasteiger partial charge is 0.497 e. The van der Waals surface area contributed by atoms with Crippen LogP contribution in [0.1, 0.15) is 46.6 Å². The van der Waals surface area contributed by atoms with Crippen LogP contribution in [0.3, 0.4) is 0 Å². The predicted molar refractivity (Wildman–Crippen MR) is 105 cm³/mol. The van der Waals surface area contributed by atoms with Crippen LogP contribution in [0.4, 0.5) is 0 Å². The molecule has 4 rings (SSSR count). The van der Waals surface area contributed by atoms with E-state index in [0.29, 0.717) is 22.9 Å². The van der Waals surface area contributed by atoms with E-state index in [9.17, 15) is 9.59 Å². The second-order valence-corrected chi connectivity index (χ2v) is 7.04. The van der Waals surface area contributed by atoms with E-state index in [1.165, 1.54) is 0 Å². The van der Waals surface area contributed by atoms with Gasteiger partial charge in [0.15, 0.2) is 0 Å². The molecule has 6 nitrogen and oxygen atoms in total. The number of amides is 1. The van der Waals surface area contributed by atoms with Gasteiger partial charge in [0.2, 0.25) is 6.10 Å². The molecule has 0 aliphatic heterocycles. The molecule has 0 bridgehead atoms. The maximum absolute atomic E-state index is 13.1. The SMILES string of the molecule is COc1ccc2c(c1)c(C(=O)OC(C(N)=O)c1ccccc1)c(C)n2C1CC1. The maximum Gasteiger partial charge on any atom is 0.341 e. The summed E-state index contributed by atoms with van der Waals surface area (Å²) in [6.45, 7) is 1.91. The third-order valence-electron chi connectivity index (χ3n) is 5.16. The van der Waals surface area contributed by atoms with E-state index in [4.69, 9.17) is 15.2 Å². The first-order chi connectivity index (χ1) is 13.5. The van der Waals surface area contributed by atoms with Crippen LogP contribution >= 0.6 is 0 Å². The Balaban J connectivity index is 1.78. The van der Waals surface area contributed by atoms with Crippen molar-refractivity contribution in [1.82, 2.24) is 4.57 Å². The molecule has 1 aliphatic carbocycles. The number of nitrogens with zero attached hydrogens (tertiary/aromatic N) is 1. The van der Waals surface area contributed by atoms with Crippen LogP contribution in [-0.4, -0.2) is 23.6 Å². The Morgan fingerprint density at radius 1 is 1.14 bits per heavy atom. The van der Waals surface area contributed by atoms with Gasteiger partial charge in [-0.05, 0) is 38.0 Å². The molecule has 0 spiro atoms. The molecule has 1 unspecified atom stereocenters. The summed E-state index contributed by atoms with van der Waals surface area (Å²) >= 11 is 0. The quantitative estimate of drug-likeness (QED) is 0.663. The average molecular weight is 378 g/mol. The Morgan fingerprint density at radius 3 is 2.46 bits per heavy atom. The van der Waals surface area contributed by atoms with Crippen LogP contribution in [0.15, 0.2) is 48.5 Å². The van der Waals surface area contributed by atoms with E-state index >= 15 is 0 Å². The number of ether oxygens (including phenoxy) is 2. The third kappa shape index (κ3) is 3.11. The van der Waals surface area contributed by atoms with Crippen molar-refractivity contribution < 1.29 is 19.1 Å². The van der Waals surface area contributed by atoms with E-state index in [1.54, 1.807) is 31.4 Å². The van der Waals surface area contributed by atoms with Crippen molar-refractivity contribution in [2.45, 2.75) is 31.9 Å². The van der Waals surface area contributed by atoms with Gasteiger partial charge in [-0.1, -0.05) is 30.3 Å². The zero-order valence-electron chi connectivity index (χ0n) is 15.8.